The van der Waals surface area contributed by atoms with E-state index in [0.29, 0.717) is 12.8 Å². The van der Waals surface area contributed by atoms with Crippen LogP contribution in [0.1, 0.15) is 71.1 Å². The number of hydrogen-bond acceptors (Lipinski definition) is 2. The zero-order valence-corrected chi connectivity index (χ0v) is 12.2. The molecule has 1 aliphatic heterocycles. The van der Waals surface area contributed by atoms with Gasteiger partial charge in [0.15, 0.2) is 0 Å². The van der Waals surface area contributed by atoms with Crippen LogP contribution in [0.25, 0.3) is 0 Å². The van der Waals surface area contributed by atoms with E-state index in [-0.39, 0.29) is 17.9 Å². The standard InChI is InChI=1S/C15H28N2O2/c1-2-3-4-5-6-7-8-9-12-16-15(19)13-10-11-14(18)17-13/h13H,2-12H2,1H3,(H,16,19)(H,17,18). The maximum atomic E-state index is 11.7. The van der Waals surface area contributed by atoms with Crippen LogP contribution in [0.4, 0.5) is 0 Å². The molecule has 0 radical (unpaired) electrons. The van der Waals surface area contributed by atoms with E-state index in [4.69, 9.17) is 0 Å². The monoisotopic (exact) mass is 268 g/mol. The lowest BCUT2D eigenvalue weighted by molar-refractivity contribution is -0.125. The molecule has 4 nitrogen and oxygen atoms in total. The highest BCUT2D eigenvalue weighted by Crippen LogP contribution is 2.08. The summed E-state index contributed by atoms with van der Waals surface area (Å²) in [6.07, 6.45) is 11.3. The summed E-state index contributed by atoms with van der Waals surface area (Å²) in [5.74, 6) is -0.0268. The van der Waals surface area contributed by atoms with Crippen molar-refractivity contribution >= 4 is 11.8 Å². The first-order valence-electron chi connectivity index (χ1n) is 7.81. The van der Waals surface area contributed by atoms with Crippen LogP contribution in [0, 0.1) is 0 Å². The molecule has 0 aromatic heterocycles. The molecule has 1 unspecified atom stereocenters. The van der Waals surface area contributed by atoms with Gasteiger partial charge in [0.1, 0.15) is 6.04 Å². The van der Waals surface area contributed by atoms with Crippen LogP contribution in [0.5, 0.6) is 0 Å². The van der Waals surface area contributed by atoms with Crippen molar-refractivity contribution in [1.82, 2.24) is 10.6 Å². The molecule has 1 aliphatic rings. The van der Waals surface area contributed by atoms with Crippen molar-refractivity contribution in [2.45, 2.75) is 77.2 Å². The number of rotatable bonds is 10. The first-order valence-corrected chi connectivity index (χ1v) is 7.81. The topological polar surface area (TPSA) is 58.2 Å². The van der Waals surface area contributed by atoms with Crippen molar-refractivity contribution in [3.8, 4) is 0 Å². The van der Waals surface area contributed by atoms with Crippen molar-refractivity contribution in [1.29, 1.82) is 0 Å². The third-order valence-corrected chi connectivity index (χ3v) is 3.64. The lowest BCUT2D eigenvalue weighted by atomic mass is 10.1. The van der Waals surface area contributed by atoms with E-state index in [9.17, 15) is 9.59 Å². The number of carbonyl (C=O) groups excluding carboxylic acids is 2. The Morgan fingerprint density at radius 2 is 1.79 bits per heavy atom. The van der Waals surface area contributed by atoms with E-state index < -0.39 is 0 Å². The second-order valence-electron chi connectivity index (χ2n) is 5.42. The highest BCUT2D eigenvalue weighted by Gasteiger charge is 2.26. The van der Waals surface area contributed by atoms with Gasteiger partial charge in [0.25, 0.3) is 0 Å². The Morgan fingerprint density at radius 3 is 2.37 bits per heavy atom. The highest BCUT2D eigenvalue weighted by molar-refractivity contribution is 5.90. The molecule has 0 saturated carbocycles. The Balaban J connectivity index is 1.88. The van der Waals surface area contributed by atoms with Gasteiger partial charge in [-0.15, -0.1) is 0 Å². The molecule has 0 bridgehead atoms. The molecular weight excluding hydrogens is 240 g/mol. The summed E-state index contributed by atoms with van der Waals surface area (Å²) in [4.78, 5) is 22.7. The Bertz CT molecular complexity index is 279. The van der Waals surface area contributed by atoms with Gasteiger partial charge in [0.05, 0.1) is 0 Å². The minimum Gasteiger partial charge on any atom is -0.354 e. The molecular formula is C15H28N2O2. The molecule has 19 heavy (non-hydrogen) atoms. The van der Waals surface area contributed by atoms with Crippen LogP contribution in [0.2, 0.25) is 0 Å². The predicted octanol–water partition coefficient (Wildman–Crippen LogP) is 2.52. The summed E-state index contributed by atoms with van der Waals surface area (Å²) in [5.41, 5.74) is 0. The summed E-state index contributed by atoms with van der Waals surface area (Å²) in [6.45, 7) is 2.97. The molecule has 2 N–H and O–H groups in total. The van der Waals surface area contributed by atoms with E-state index in [1.165, 1.54) is 44.9 Å². The molecule has 2 amide bonds. The van der Waals surface area contributed by atoms with E-state index in [1.807, 2.05) is 0 Å². The van der Waals surface area contributed by atoms with Crippen molar-refractivity contribution < 1.29 is 9.59 Å². The van der Waals surface area contributed by atoms with Crippen LogP contribution in [-0.2, 0) is 9.59 Å². The first-order chi connectivity index (χ1) is 9.24. The maximum absolute atomic E-state index is 11.7. The molecule has 1 fully saturated rings. The van der Waals surface area contributed by atoms with E-state index in [2.05, 4.69) is 17.6 Å². The molecule has 1 saturated heterocycles. The third-order valence-electron chi connectivity index (χ3n) is 3.64. The molecule has 1 heterocycles. The Morgan fingerprint density at radius 1 is 1.16 bits per heavy atom. The maximum Gasteiger partial charge on any atom is 0.242 e. The van der Waals surface area contributed by atoms with E-state index in [1.54, 1.807) is 0 Å². The van der Waals surface area contributed by atoms with Crippen molar-refractivity contribution in [3.63, 3.8) is 0 Å². The van der Waals surface area contributed by atoms with Gasteiger partial charge in [-0.1, -0.05) is 51.9 Å². The lowest BCUT2D eigenvalue weighted by Crippen LogP contribution is -2.41. The van der Waals surface area contributed by atoms with Gasteiger partial charge in [0, 0.05) is 13.0 Å². The fourth-order valence-electron chi connectivity index (χ4n) is 2.40. The summed E-state index contributed by atoms with van der Waals surface area (Å²) in [7, 11) is 0. The number of carbonyl (C=O) groups is 2. The third kappa shape index (κ3) is 7.19. The van der Waals surface area contributed by atoms with Crippen LogP contribution in [-0.4, -0.2) is 24.4 Å². The first kappa shape index (κ1) is 16.0. The van der Waals surface area contributed by atoms with Crippen molar-refractivity contribution in [3.05, 3.63) is 0 Å². The summed E-state index contributed by atoms with van der Waals surface area (Å²) >= 11 is 0. The number of amides is 2. The average Bonchev–Trinajstić information content (AvgIpc) is 2.83. The average molecular weight is 268 g/mol. The quantitative estimate of drug-likeness (QED) is 0.598. The minimum atomic E-state index is -0.290. The van der Waals surface area contributed by atoms with Crippen molar-refractivity contribution in [2.24, 2.45) is 0 Å². The fourth-order valence-corrected chi connectivity index (χ4v) is 2.40. The Hall–Kier alpha value is -1.06. The molecule has 110 valence electrons. The molecule has 1 rings (SSSR count). The van der Waals surface area contributed by atoms with Crippen LogP contribution in [0.15, 0.2) is 0 Å². The van der Waals surface area contributed by atoms with Crippen LogP contribution >= 0.6 is 0 Å². The highest BCUT2D eigenvalue weighted by atomic mass is 16.2. The lowest BCUT2D eigenvalue weighted by Gasteiger charge is -2.10. The van der Waals surface area contributed by atoms with Gasteiger partial charge < -0.3 is 10.6 Å². The van der Waals surface area contributed by atoms with Crippen LogP contribution in [0.3, 0.4) is 0 Å². The molecule has 0 aliphatic carbocycles. The normalized spacial score (nSPS) is 18.4. The smallest absolute Gasteiger partial charge is 0.242 e. The Labute approximate surface area is 116 Å². The zero-order valence-electron chi connectivity index (χ0n) is 12.2. The predicted molar refractivity (Wildman–Crippen MR) is 76.8 cm³/mol. The summed E-state index contributed by atoms with van der Waals surface area (Å²) < 4.78 is 0. The SMILES string of the molecule is CCCCCCCCCCNC(=O)C1CCC(=O)N1. The second kappa shape index (κ2) is 9.82. The van der Waals surface area contributed by atoms with Gasteiger partial charge in [-0.3, -0.25) is 9.59 Å². The fraction of sp³-hybridized carbons (Fsp3) is 0.867. The van der Waals surface area contributed by atoms with Gasteiger partial charge in [0.2, 0.25) is 11.8 Å². The van der Waals surface area contributed by atoms with Gasteiger partial charge in [-0.05, 0) is 12.8 Å². The molecule has 4 heteroatoms. The molecule has 0 aromatic carbocycles. The van der Waals surface area contributed by atoms with E-state index in [0.717, 1.165) is 13.0 Å². The van der Waals surface area contributed by atoms with E-state index >= 15 is 0 Å². The zero-order chi connectivity index (χ0) is 13.9. The molecule has 0 aromatic rings. The van der Waals surface area contributed by atoms with Crippen molar-refractivity contribution in [2.75, 3.05) is 6.54 Å². The number of unbranched alkanes of at least 4 members (excludes halogenated alkanes) is 7. The van der Waals surface area contributed by atoms with Crippen LogP contribution < -0.4 is 10.6 Å². The molecule has 0 spiro atoms. The van der Waals surface area contributed by atoms with Gasteiger partial charge in [-0.2, -0.15) is 0 Å². The summed E-state index contributed by atoms with van der Waals surface area (Å²) in [5, 5.41) is 5.59. The second-order valence-corrected chi connectivity index (χ2v) is 5.42. The molecule has 1 atom stereocenters. The Kier molecular flexibility index (Phi) is 8.26. The largest absolute Gasteiger partial charge is 0.354 e. The number of nitrogens with one attached hydrogen (secondary N) is 2. The summed E-state index contributed by atoms with van der Waals surface area (Å²) in [6, 6.07) is -0.290. The van der Waals surface area contributed by atoms with Gasteiger partial charge >= 0.3 is 0 Å². The van der Waals surface area contributed by atoms with Gasteiger partial charge in [-0.25, -0.2) is 0 Å². The number of hydrogen-bond donors (Lipinski definition) is 2. The minimum absolute atomic E-state index is 0.00720.